The molecule has 1 unspecified atom stereocenters. The van der Waals surface area contributed by atoms with Crippen molar-refractivity contribution in [3.05, 3.63) is 47.2 Å². The highest BCUT2D eigenvalue weighted by molar-refractivity contribution is 7.91. The summed E-state index contributed by atoms with van der Waals surface area (Å²) < 4.78 is 26.1. The molecule has 2 saturated heterocycles. The zero-order valence-corrected chi connectivity index (χ0v) is 22.2. The molecule has 196 valence electrons. The maximum Gasteiger partial charge on any atom is 0.252 e. The molecule has 0 spiro atoms. The molecule has 0 bridgehead atoms. The molecule has 2 aromatic heterocycles. The van der Waals surface area contributed by atoms with Gasteiger partial charge in [0.05, 0.1) is 39.9 Å². The zero-order chi connectivity index (χ0) is 26.2. The zero-order valence-electron chi connectivity index (χ0n) is 21.4. The van der Waals surface area contributed by atoms with Crippen molar-refractivity contribution < 1.29 is 18.0 Å². The number of fused-ring (bicyclic) bond motifs is 1. The van der Waals surface area contributed by atoms with Gasteiger partial charge in [-0.1, -0.05) is 31.2 Å². The molecule has 10 heteroatoms. The van der Waals surface area contributed by atoms with E-state index in [0.29, 0.717) is 60.3 Å². The Morgan fingerprint density at radius 3 is 2.65 bits per heavy atom. The van der Waals surface area contributed by atoms with Crippen molar-refractivity contribution in [2.45, 2.75) is 52.0 Å². The van der Waals surface area contributed by atoms with Crippen LogP contribution in [0, 0.1) is 6.92 Å². The maximum atomic E-state index is 13.4. The number of nitrogens with one attached hydrogen (secondary N) is 1. The van der Waals surface area contributed by atoms with Gasteiger partial charge in [0.1, 0.15) is 0 Å². The minimum Gasteiger partial charge on any atom is -0.352 e. The van der Waals surface area contributed by atoms with E-state index in [2.05, 4.69) is 17.3 Å². The first kappa shape index (κ1) is 25.4. The summed E-state index contributed by atoms with van der Waals surface area (Å²) in [6.07, 6.45) is 3.58. The Morgan fingerprint density at radius 2 is 2.00 bits per heavy atom. The van der Waals surface area contributed by atoms with E-state index in [-0.39, 0.29) is 29.4 Å². The van der Waals surface area contributed by atoms with Crippen LogP contribution in [0.3, 0.4) is 0 Å². The number of carbonyl (C=O) groups excluding carboxylic acids is 2. The van der Waals surface area contributed by atoms with Gasteiger partial charge < -0.3 is 10.2 Å². The smallest absolute Gasteiger partial charge is 0.252 e. The average Bonchev–Trinajstić information content (AvgIpc) is 3.57. The average molecular weight is 524 g/mol. The van der Waals surface area contributed by atoms with E-state index in [1.807, 2.05) is 36.1 Å². The minimum atomic E-state index is -3.12. The Morgan fingerprint density at radius 1 is 1.22 bits per heavy atom. The van der Waals surface area contributed by atoms with Crippen molar-refractivity contribution >= 4 is 32.7 Å². The number of aromatic nitrogens is 3. The van der Waals surface area contributed by atoms with Crippen LogP contribution in [0.15, 0.2) is 30.3 Å². The number of amides is 2. The number of likely N-dealkylation sites (tertiary alicyclic amines) is 1. The third kappa shape index (κ3) is 5.25. The molecule has 0 saturated carbocycles. The highest BCUT2D eigenvalue weighted by Gasteiger charge is 2.32. The monoisotopic (exact) mass is 523 g/mol. The third-order valence-electron chi connectivity index (χ3n) is 7.36. The fourth-order valence-corrected chi connectivity index (χ4v) is 6.97. The number of benzene rings is 1. The largest absolute Gasteiger partial charge is 0.352 e. The summed E-state index contributed by atoms with van der Waals surface area (Å²) in [6, 6.07) is 9.58. The van der Waals surface area contributed by atoms with Gasteiger partial charge in [-0.2, -0.15) is 5.10 Å². The van der Waals surface area contributed by atoms with E-state index >= 15 is 0 Å². The molecule has 1 aromatic carbocycles. The fraction of sp³-hybridized carbons (Fsp3) is 0.481. The lowest BCUT2D eigenvalue weighted by molar-refractivity contribution is -0.127. The van der Waals surface area contributed by atoms with Crippen LogP contribution in [0.1, 0.15) is 60.3 Å². The topological polar surface area (TPSA) is 114 Å². The molecule has 0 radical (unpaired) electrons. The Balaban J connectivity index is 1.48. The van der Waals surface area contributed by atoms with Crippen molar-refractivity contribution in [3.63, 3.8) is 0 Å². The predicted octanol–water partition coefficient (Wildman–Crippen LogP) is 3.07. The van der Waals surface area contributed by atoms with Gasteiger partial charge in [0.25, 0.3) is 5.91 Å². The summed E-state index contributed by atoms with van der Waals surface area (Å²) in [6.45, 7) is 5.79. The number of aryl methyl sites for hydroxylation is 2. The lowest BCUT2D eigenvalue weighted by atomic mass is 10.0. The van der Waals surface area contributed by atoms with Gasteiger partial charge in [0.2, 0.25) is 5.91 Å². The first-order valence-corrected chi connectivity index (χ1v) is 14.8. The summed E-state index contributed by atoms with van der Waals surface area (Å²) >= 11 is 0. The standard InChI is InChI=1S/C27H33N5O4S/c1-3-19-7-9-20(10-8-19)23-16-22(27(34)28-12-5-14-31-13-4-6-24(31)33)25-18(2)30-32(26(25)29-23)21-11-15-37(35,36)17-21/h7-10,16,21H,3-6,11-15,17H2,1-2H3,(H,28,34). The first-order valence-electron chi connectivity index (χ1n) is 13.0. The van der Waals surface area contributed by atoms with Gasteiger partial charge in [-0.25, -0.2) is 18.1 Å². The quantitative estimate of drug-likeness (QED) is 0.454. The molecule has 5 rings (SSSR count). The van der Waals surface area contributed by atoms with Crippen molar-refractivity contribution in [2.75, 3.05) is 31.1 Å². The minimum absolute atomic E-state index is 0.0249. The van der Waals surface area contributed by atoms with Gasteiger partial charge in [0, 0.05) is 31.6 Å². The molecule has 0 aliphatic carbocycles. The Bertz CT molecular complexity index is 1450. The van der Waals surface area contributed by atoms with Gasteiger partial charge in [0.15, 0.2) is 15.5 Å². The van der Waals surface area contributed by atoms with Crippen molar-refractivity contribution in [3.8, 4) is 11.3 Å². The summed E-state index contributed by atoms with van der Waals surface area (Å²) in [7, 11) is -3.12. The number of sulfone groups is 1. The summed E-state index contributed by atoms with van der Waals surface area (Å²) in [5, 5.41) is 8.32. The second kappa shape index (κ2) is 10.2. The summed E-state index contributed by atoms with van der Waals surface area (Å²) in [5.41, 5.74) is 4.38. The highest BCUT2D eigenvalue weighted by Crippen LogP contribution is 2.32. The summed E-state index contributed by atoms with van der Waals surface area (Å²) in [4.78, 5) is 32.0. The van der Waals surface area contributed by atoms with Gasteiger partial charge in [-0.3, -0.25) is 9.59 Å². The van der Waals surface area contributed by atoms with E-state index < -0.39 is 9.84 Å². The SMILES string of the molecule is CCc1ccc(-c2cc(C(=O)NCCCN3CCCC3=O)c3c(C)nn(C4CCS(=O)(=O)C4)c3n2)cc1. The van der Waals surface area contributed by atoms with E-state index in [0.717, 1.165) is 24.9 Å². The van der Waals surface area contributed by atoms with Gasteiger partial charge in [-0.05, 0) is 44.2 Å². The van der Waals surface area contributed by atoms with Crippen molar-refractivity contribution in [1.82, 2.24) is 25.0 Å². The lowest BCUT2D eigenvalue weighted by Crippen LogP contribution is -2.30. The number of nitrogens with zero attached hydrogens (tertiary/aromatic N) is 4. The number of pyridine rings is 1. The Labute approximate surface area is 217 Å². The first-order chi connectivity index (χ1) is 17.8. The molecule has 2 amide bonds. The molecule has 4 heterocycles. The molecule has 2 fully saturated rings. The van der Waals surface area contributed by atoms with Gasteiger partial charge >= 0.3 is 0 Å². The van der Waals surface area contributed by atoms with Crippen molar-refractivity contribution in [2.24, 2.45) is 0 Å². The fourth-order valence-electron chi connectivity index (χ4n) is 5.28. The molecule has 1 N–H and O–H groups in total. The molecule has 37 heavy (non-hydrogen) atoms. The molecule has 1 atom stereocenters. The second-order valence-electron chi connectivity index (χ2n) is 9.98. The van der Waals surface area contributed by atoms with Crippen LogP contribution in [0.25, 0.3) is 22.3 Å². The molecule has 9 nitrogen and oxygen atoms in total. The van der Waals surface area contributed by atoms with Crippen LogP contribution in [0.4, 0.5) is 0 Å². The highest BCUT2D eigenvalue weighted by atomic mass is 32.2. The van der Waals surface area contributed by atoms with Crippen LogP contribution in [0.2, 0.25) is 0 Å². The van der Waals surface area contributed by atoms with Crippen LogP contribution >= 0.6 is 0 Å². The third-order valence-corrected chi connectivity index (χ3v) is 9.11. The molecule has 2 aliphatic rings. The van der Waals surface area contributed by atoms with Crippen LogP contribution in [0.5, 0.6) is 0 Å². The van der Waals surface area contributed by atoms with Gasteiger partial charge in [-0.15, -0.1) is 0 Å². The molecule has 3 aromatic rings. The normalized spacial score (nSPS) is 19.1. The summed E-state index contributed by atoms with van der Waals surface area (Å²) in [5.74, 6) is 0.103. The molecular weight excluding hydrogens is 490 g/mol. The number of hydrogen-bond donors (Lipinski definition) is 1. The van der Waals surface area contributed by atoms with Crippen LogP contribution in [-0.2, 0) is 21.1 Å². The second-order valence-corrected chi connectivity index (χ2v) is 12.2. The van der Waals surface area contributed by atoms with Crippen LogP contribution < -0.4 is 5.32 Å². The molecule has 2 aliphatic heterocycles. The number of carbonyl (C=O) groups is 2. The predicted molar refractivity (Wildman–Crippen MR) is 142 cm³/mol. The lowest BCUT2D eigenvalue weighted by Gasteiger charge is -2.15. The van der Waals surface area contributed by atoms with E-state index in [9.17, 15) is 18.0 Å². The van der Waals surface area contributed by atoms with Crippen molar-refractivity contribution in [1.29, 1.82) is 0 Å². The molecular formula is C27H33N5O4S. The van der Waals surface area contributed by atoms with Crippen LogP contribution in [-0.4, -0.2) is 71.0 Å². The van der Waals surface area contributed by atoms with E-state index in [1.165, 1.54) is 5.56 Å². The maximum absolute atomic E-state index is 13.4. The van der Waals surface area contributed by atoms with E-state index in [4.69, 9.17) is 4.98 Å². The Hall–Kier alpha value is -3.27. The van der Waals surface area contributed by atoms with E-state index in [1.54, 1.807) is 10.7 Å². The number of hydrogen-bond acceptors (Lipinski definition) is 6. The Kier molecular flexibility index (Phi) is 7.02. The number of rotatable bonds is 8.